The molecule has 0 saturated heterocycles. The molecule has 0 spiro atoms. The Bertz CT molecular complexity index is 599. The second-order valence-corrected chi connectivity index (χ2v) is 7.93. The average molecular weight is 526 g/mol. The van der Waals surface area contributed by atoms with Crippen LogP contribution in [-0.4, -0.2) is 47.4 Å². The Balaban J connectivity index is 7.15. The topological polar surface area (TPSA) is 0 Å². The molecule has 184 valence electrons. The molecule has 0 amide bonds. The van der Waals surface area contributed by atoms with E-state index in [0.29, 0.717) is 0 Å². The van der Waals surface area contributed by atoms with E-state index in [9.17, 15) is 91.6 Å². The summed E-state index contributed by atoms with van der Waals surface area (Å²) in [6.45, 7) is 0. The van der Waals surface area contributed by atoms with Gasteiger partial charge in [0.2, 0.25) is 0 Å². The van der Waals surface area contributed by atoms with E-state index in [-0.39, 0.29) is 0 Å². The number of hydrogen-bond acceptors (Lipinski definition) is 0. The van der Waals surface area contributed by atoms with E-state index in [1.807, 2.05) is 0 Å². The van der Waals surface area contributed by atoms with Crippen molar-refractivity contribution in [2.24, 2.45) is 0 Å². The fourth-order valence-electron chi connectivity index (χ4n) is 1.37. The van der Waals surface area contributed by atoms with Gasteiger partial charge in [-0.05, 0) is 0 Å². The molecule has 0 fully saturated rings. The van der Waals surface area contributed by atoms with Crippen LogP contribution in [0.2, 0.25) is 0 Å². The molecule has 0 aliphatic carbocycles. The van der Waals surface area contributed by atoms with Crippen LogP contribution < -0.4 is 0 Å². The summed E-state index contributed by atoms with van der Waals surface area (Å²) in [6, 6.07) is 0. The maximum atomic E-state index is 13.1. The Hall–Kier alpha value is -1.04. The minimum absolute atomic E-state index is 8.09. The van der Waals surface area contributed by atoms with Crippen LogP contribution in [0.15, 0.2) is 0 Å². The molecule has 0 rings (SSSR count). The molecule has 0 saturated carbocycles. The van der Waals surface area contributed by atoms with E-state index in [0.717, 1.165) is 0 Å². The van der Waals surface area contributed by atoms with E-state index in [1.165, 1.54) is 0 Å². The first-order chi connectivity index (χ1) is 12.3. The molecule has 0 aliphatic rings. The van der Waals surface area contributed by atoms with Crippen LogP contribution >= 0.6 is 7.54 Å². The van der Waals surface area contributed by atoms with Gasteiger partial charge in [-0.25, -0.2) is 0 Å². The van der Waals surface area contributed by atoms with Gasteiger partial charge in [0.1, 0.15) is 0 Å². The number of rotatable bonds is 6. The first-order valence-corrected chi connectivity index (χ1v) is 7.76. The summed E-state index contributed by atoms with van der Waals surface area (Å²) in [5.74, 6) is -35.4. The maximum absolute atomic E-state index is 13.1. The van der Waals surface area contributed by atoms with E-state index >= 15 is 0 Å². The normalized spacial score (nSPS) is 18.2. The first-order valence-electron chi connectivity index (χ1n) is 5.86. The van der Waals surface area contributed by atoms with Crippen molar-refractivity contribution >= 4 is 7.54 Å². The molecule has 0 aromatic heterocycles. The molecule has 22 heteroatoms. The van der Waals surface area contributed by atoms with Crippen LogP contribution in [0.3, 0.4) is 0 Å². The molecule has 30 heavy (non-hydrogen) atoms. The van der Waals surface area contributed by atoms with Gasteiger partial charge >= 0.3 is 147 Å². The Labute approximate surface area is 148 Å². The zero-order chi connectivity index (χ0) is 25.4. The molecular formula is C8F21P. The van der Waals surface area contributed by atoms with Crippen LogP contribution in [0.25, 0.3) is 0 Å². The fourth-order valence-corrected chi connectivity index (χ4v) is 2.92. The van der Waals surface area contributed by atoms with Gasteiger partial charge in [0.25, 0.3) is 0 Å². The molecule has 0 nitrogen and oxygen atoms in total. The third-order valence-electron chi connectivity index (χ3n) is 3.17. The van der Waals surface area contributed by atoms with Gasteiger partial charge in [0.05, 0.1) is 0 Å². The van der Waals surface area contributed by atoms with E-state index in [1.54, 1.807) is 0 Å². The van der Waals surface area contributed by atoms with Crippen molar-refractivity contribution in [3.05, 3.63) is 0 Å². The summed E-state index contributed by atoms with van der Waals surface area (Å²) in [7, 11) is -12.9. The minimum atomic E-state index is -12.9. The van der Waals surface area contributed by atoms with Crippen molar-refractivity contribution < 1.29 is 91.6 Å². The van der Waals surface area contributed by atoms with Crippen LogP contribution in [0.4, 0.5) is 91.6 Å². The molecule has 0 bridgehead atoms. The Kier molecular flexibility index (Phi) is 6.05. The summed E-state index contributed by atoms with van der Waals surface area (Å²) in [5, 5.41) is 0. The first kappa shape index (κ1) is 29.0. The van der Waals surface area contributed by atoms with E-state index in [4.69, 9.17) is 0 Å². The van der Waals surface area contributed by atoms with Crippen LogP contribution in [0, 0.1) is 0 Å². The monoisotopic (exact) mass is 526 g/mol. The van der Waals surface area contributed by atoms with Gasteiger partial charge in [0.15, 0.2) is 0 Å². The number of hydrogen-bond donors (Lipinski definition) is 0. The van der Waals surface area contributed by atoms with Gasteiger partial charge in [-0.15, -0.1) is 0 Å². The van der Waals surface area contributed by atoms with Crippen LogP contribution in [0.5, 0.6) is 0 Å². The average Bonchev–Trinajstić information content (AvgIpc) is 2.42. The molecule has 0 unspecified atom stereocenters. The van der Waals surface area contributed by atoms with E-state index in [2.05, 4.69) is 0 Å². The summed E-state index contributed by atoms with van der Waals surface area (Å²) in [5.41, 5.74) is -19.1. The predicted octanol–water partition coefficient (Wildman–Crippen LogP) is 8.04. The quantitative estimate of drug-likeness (QED) is 0.243. The molecule has 0 aromatic carbocycles. The Morgan fingerprint density at radius 3 is 0.600 bits per heavy atom. The fraction of sp³-hybridized carbons (Fsp3) is 1.00. The number of alkyl halides is 18. The zero-order valence-corrected chi connectivity index (χ0v) is 13.3. The van der Waals surface area contributed by atoms with Gasteiger partial charge in [-0.3, -0.25) is 0 Å². The van der Waals surface area contributed by atoms with Crippen molar-refractivity contribution in [3.8, 4) is 0 Å². The molecule has 0 aliphatic heterocycles. The SMILES string of the molecule is FC(F)(F)C(F)(F)C(F)(F)C(F)(F)P(F)(F)(F)C(F)(F)C(F)(F)C(F)(F)C(F)(F)F. The summed E-state index contributed by atoms with van der Waals surface area (Å²) >= 11 is 0. The van der Waals surface area contributed by atoms with Crippen molar-refractivity contribution in [1.82, 2.24) is 0 Å². The van der Waals surface area contributed by atoms with Crippen LogP contribution in [-0.2, 0) is 0 Å². The van der Waals surface area contributed by atoms with Gasteiger partial charge < -0.3 is 0 Å². The van der Waals surface area contributed by atoms with Crippen molar-refractivity contribution in [3.63, 3.8) is 0 Å². The molecule has 0 heterocycles. The Morgan fingerprint density at radius 2 is 0.467 bits per heavy atom. The van der Waals surface area contributed by atoms with Gasteiger partial charge in [0, 0.05) is 0 Å². The summed E-state index contributed by atoms with van der Waals surface area (Å²) < 4.78 is 262. The third kappa shape index (κ3) is 3.07. The molecule has 0 aromatic rings. The second kappa shape index (κ2) is 6.26. The van der Waals surface area contributed by atoms with Gasteiger partial charge in [-0.1, -0.05) is 0 Å². The second-order valence-electron chi connectivity index (χ2n) is 5.19. The predicted molar refractivity (Wildman–Crippen MR) is 52.0 cm³/mol. The van der Waals surface area contributed by atoms with Crippen molar-refractivity contribution in [2.45, 2.75) is 47.4 Å². The third-order valence-corrected chi connectivity index (χ3v) is 5.57. The zero-order valence-electron chi connectivity index (χ0n) is 12.4. The standard InChI is InChI=1S/C8F21P/c9-1(10,5(17,18)19)3(13,14)7(23,24)30(27,28,29)8(25,26)4(15,16)2(11,12)6(20,21)22. The summed E-state index contributed by atoms with van der Waals surface area (Å²) in [4.78, 5) is 0. The van der Waals surface area contributed by atoms with Gasteiger partial charge in [-0.2, -0.15) is 0 Å². The molecule has 0 atom stereocenters. The summed E-state index contributed by atoms with van der Waals surface area (Å²) in [6.07, 6.45) is -16.2. The van der Waals surface area contributed by atoms with Crippen molar-refractivity contribution in [1.29, 1.82) is 0 Å². The van der Waals surface area contributed by atoms with E-state index < -0.39 is 54.9 Å². The Morgan fingerprint density at radius 1 is 0.300 bits per heavy atom. The molecule has 0 N–H and O–H groups in total. The number of halogens is 21. The van der Waals surface area contributed by atoms with Crippen LogP contribution in [0.1, 0.15) is 0 Å². The van der Waals surface area contributed by atoms with Crippen molar-refractivity contribution in [2.75, 3.05) is 0 Å². The molecule has 0 radical (unpaired) electrons. The molecular weight excluding hydrogens is 526 g/mol.